The average molecular weight is 355 g/mol. The van der Waals surface area contributed by atoms with Gasteiger partial charge in [0.1, 0.15) is 12.4 Å². The van der Waals surface area contributed by atoms with Crippen LogP contribution in [0.3, 0.4) is 0 Å². The molecule has 5 rings (SSSR count). The second-order valence-corrected chi connectivity index (χ2v) is 7.91. The zero-order chi connectivity index (χ0) is 17.7. The van der Waals surface area contributed by atoms with E-state index >= 15 is 0 Å². The number of nitrogens with two attached hydrogens (primary N) is 1. The van der Waals surface area contributed by atoms with Gasteiger partial charge in [0.15, 0.2) is 5.82 Å². The molecule has 0 amide bonds. The molecule has 2 aromatic rings. The zero-order valence-electron chi connectivity index (χ0n) is 14.9. The number of aromatic nitrogens is 5. The monoisotopic (exact) mass is 355 g/mol. The maximum absolute atomic E-state index is 12.5. The molecule has 3 aliphatic rings. The molecule has 2 saturated carbocycles. The van der Waals surface area contributed by atoms with Crippen molar-refractivity contribution in [2.45, 2.75) is 63.1 Å². The van der Waals surface area contributed by atoms with Crippen molar-refractivity contribution in [3.05, 3.63) is 34.3 Å². The summed E-state index contributed by atoms with van der Waals surface area (Å²) in [6, 6.07) is 2.46. The van der Waals surface area contributed by atoms with Gasteiger partial charge < -0.3 is 15.2 Å². The van der Waals surface area contributed by atoms with Crippen molar-refractivity contribution in [1.29, 1.82) is 0 Å². The number of nitrogens with zero attached hydrogens (tertiary/aromatic N) is 6. The lowest BCUT2D eigenvalue weighted by Gasteiger charge is -2.31. The summed E-state index contributed by atoms with van der Waals surface area (Å²) in [4.78, 5) is 14.8. The first-order chi connectivity index (χ1) is 12.7. The standard InChI is InChI=1S/C18H25N7O/c19-13-7-12(8-13)18-22-21-16(25(18)14-3-4-14)11-24-17(26)9-15(10-20-24)23-5-1-2-6-23/h9-10,12-14H,1-8,11,19H2. The maximum Gasteiger partial charge on any atom is 0.269 e. The van der Waals surface area contributed by atoms with E-state index in [9.17, 15) is 4.79 Å². The fraction of sp³-hybridized carbons (Fsp3) is 0.667. The Morgan fingerprint density at radius 3 is 2.58 bits per heavy atom. The molecule has 0 radical (unpaired) electrons. The second-order valence-electron chi connectivity index (χ2n) is 7.91. The Bertz CT molecular complexity index is 857. The van der Waals surface area contributed by atoms with E-state index in [1.165, 1.54) is 17.5 Å². The first kappa shape index (κ1) is 16.0. The largest absolute Gasteiger partial charge is 0.370 e. The zero-order valence-corrected chi connectivity index (χ0v) is 14.9. The quantitative estimate of drug-likeness (QED) is 0.860. The van der Waals surface area contributed by atoms with Crippen LogP contribution in [0.15, 0.2) is 17.1 Å². The van der Waals surface area contributed by atoms with Gasteiger partial charge in [-0.05, 0) is 38.5 Å². The van der Waals surface area contributed by atoms with Gasteiger partial charge in [0.25, 0.3) is 5.56 Å². The third-order valence-electron chi connectivity index (χ3n) is 5.86. The maximum atomic E-state index is 12.5. The molecular weight excluding hydrogens is 330 g/mol. The molecule has 26 heavy (non-hydrogen) atoms. The van der Waals surface area contributed by atoms with Crippen molar-refractivity contribution in [3.63, 3.8) is 0 Å². The summed E-state index contributed by atoms with van der Waals surface area (Å²) in [5.41, 5.74) is 6.80. The Kier molecular flexibility index (Phi) is 3.81. The minimum absolute atomic E-state index is 0.0769. The predicted molar refractivity (Wildman–Crippen MR) is 97.3 cm³/mol. The highest BCUT2D eigenvalue weighted by Gasteiger charge is 2.37. The summed E-state index contributed by atoms with van der Waals surface area (Å²) in [6.45, 7) is 2.39. The SMILES string of the molecule is NC1CC(c2nnc(Cn3ncc(N4CCCC4)cc3=O)n2C2CC2)C1. The molecule has 3 heterocycles. The first-order valence-corrected chi connectivity index (χ1v) is 9.70. The normalized spacial score (nSPS) is 25.5. The molecule has 1 saturated heterocycles. The van der Waals surface area contributed by atoms with E-state index in [1.54, 1.807) is 12.3 Å². The highest BCUT2D eigenvalue weighted by molar-refractivity contribution is 5.43. The second kappa shape index (κ2) is 6.19. The van der Waals surface area contributed by atoms with Crippen LogP contribution in [0.4, 0.5) is 5.69 Å². The topological polar surface area (TPSA) is 94.9 Å². The summed E-state index contributed by atoms with van der Waals surface area (Å²) >= 11 is 0. The van der Waals surface area contributed by atoms with E-state index in [0.717, 1.165) is 56.1 Å². The Morgan fingerprint density at radius 1 is 1.15 bits per heavy atom. The van der Waals surface area contributed by atoms with Crippen molar-refractivity contribution < 1.29 is 0 Å². The highest BCUT2D eigenvalue weighted by Crippen LogP contribution is 2.42. The van der Waals surface area contributed by atoms with E-state index in [0.29, 0.717) is 18.5 Å². The van der Waals surface area contributed by atoms with E-state index < -0.39 is 0 Å². The summed E-state index contributed by atoms with van der Waals surface area (Å²) in [7, 11) is 0. The average Bonchev–Trinajstić information content (AvgIpc) is 3.14. The van der Waals surface area contributed by atoms with E-state index in [4.69, 9.17) is 5.73 Å². The molecule has 0 unspecified atom stereocenters. The van der Waals surface area contributed by atoms with E-state index in [1.807, 2.05) is 0 Å². The summed E-state index contributed by atoms with van der Waals surface area (Å²) in [5.74, 6) is 2.30. The van der Waals surface area contributed by atoms with Gasteiger partial charge in [-0.15, -0.1) is 10.2 Å². The molecule has 3 fully saturated rings. The van der Waals surface area contributed by atoms with Crippen LogP contribution in [-0.2, 0) is 6.54 Å². The molecule has 2 aliphatic carbocycles. The van der Waals surface area contributed by atoms with Gasteiger partial charge in [0, 0.05) is 37.2 Å². The van der Waals surface area contributed by atoms with Gasteiger partial charge in [-0.25, -0.2) is 4.68 Å². The molecule has 8 nitrogen and oxygen atoms in total. The summed E-state index contributed by atoms with van der Waals surface area (Å²) in [5, 5.41) is 13.3. The first-order valence-electron chi connectivity index (χ1n) is 9.70. The van der Waals surface area contributed by atoms with Gasteiger partial charge >= 0.3 is 0 Å². The fourth-order valence-corrected chi connectivity index (χ4v) is 4.15. The Hall–Kier alpha value is -2.22. The van der Waals surface area contributed by atoms with Crippen LogP contribution in [-0.4, -0.2) is 43.7 Å². The van der Waals surface area contributed by atoms with E-state index in [-0.39, 0.29) is 11.6 Å². The summed E-state index contributed by atoms with van der Waals surface area (Å²) < 4.78 is 3.75. The van der Waals surface area contributed by atoms with Crippen molar-refractivity contribution in [2.24, 2.45) is 5.73 Å². The van der Waals surface area contributed by atoms with Crippen molar-refractivity contribution in [2.75, 3.05) is 18.0 Å². The third-order valence-corrected chi connectivity index (χ3v) is 5.86. The lowest BCUT2D eigenvalue weighted by molar-refractivity contribution is 0.327. The minimum Gasteiger partial charge on any atom is -0.370 e. The molecule has 1 aliphatic heterocycles. The van der Waals surface area contributed by atoms with Crippen LogP contribution in [0.5, 0.6) is 0 Å². The van der Waals surface area contributed by atoms with Gasteiger partial charge in [-0.1, -0.05) is 0 Å². The van der Waals surface area contributed by atoms with Crippen LogP contribution >= 0.6 is 0 Å². The molecule has 0 bridgehead atoms. The molecule has 8 heteroatoms. The smallest absolute Gasteiger partial charge is 0.269 e. The molecule has 0 atom stereocenters. The highest BCUT2D eigenvalue weighted by atomic mass is 16.1. The van der Waals surface area contributed by atoms with Crippen LogP contribution in [0.1, 0.15) is 62.1 Å². The van der Waals surface area contributed by atoms with Gasteiger partial charge in [-0.3, -0.25) is 4.79 Å². The van der Waals surface area contributed by atoms with Crippen molar-refractivity contribution >= 4 is 5.69 Å². The number of rotatable bonds is 5. The molecule has 138 valence electrons. The lowest BCUT2D eigenvalue weighted by Crippen LogP contribution is -2.36. The van der Waals surface area contributed by atoms with Gasteiger partial charge in [0.05, 0.1) is 11.9 Å². The third kappa shape index (κ3) is 2.82. The summed E-state index contributed by atoms with van der Waals surface area (Å²) in [6.07, 6.45) is 8.44. The molecular formula is C18H25N7O. The van der Waals surface area contributed by atoms with Crippen molar-refractivity contribution in [1.82, 2.24) is 24.5 Å². The van der Waals surface area contributed by atoms with Crippen molar-refractivity contribution in [3.8, 4) is 0 Å². The minimum atomic E-state index is -0.0769. The van der Waals surface area contributed by atoms with Crippen LogP contribution in [0.2, 0.25) is 0 Å². The van der Waals surface area contributed by atoms with Crippen LogP contribution in [0.25, 0.3) is 0 Å². The Morgan fingerprint density at radius 2 is 1.92 bits per heavy atom. The molecule has 2 N–H and O–H groups in total. The van der Waals surface area contributed by atoms with E-state index in [2.05, 4.69) is 24.8 Å². The Balaban J connectivity index is 1.40. The number of anilines is 1. The van der Waals surface area contributed by atoms with Gasteiger partial charge in [0.2, 0.25) is 0 Å². The van der Waals surface area contributed by atoms with Crippen LogP contribution < -0.4 is 16.2 Å². The Labute approximate surface area is 152 Å². The predicted octanol–water partition coefficient (Wildman–Crippen LogP) is 1.02. The lowest BCUT2D eigenvalue weighted by atomic mass is 9.80. The molecule has 0 spiro atoms. The molecule has 2 aromatic heterocycles. The molecule has 0 aromatic carbocycles. The van der Waals surface area contributed by atoms with Crippen LogP contribution in [0, 0.1) is 0 Å². The number of hydrogen-bond acceptors (Lipinski definition) is 6. The van der Waals surface area contributed by atoms with Gasteiger partial charge in [-0.2, -0.15) is 5.10 Å². The fourth-order valence-electron chi connectivity index (χ4n) is 4.15. The number of hydrogen-bond donors (Lipinski definition) is 1.